The molecule has 0 radical (unpaired) electrons. The zero-order valence-electron chi connectivity index (χ0n) is 15.2. The molecule has 0 aliphatic carbocycles. The number of primary amides is 1. The van der Waals surface area contributed by atoms with Crippen LogP contribution in [0.4, 0.5) is 13.6 Å². The molecule has 152 valence electrons. The maximum absolute atomic E-state index is 13.1. The molecule has 0 atom stereocenters. The van der Waals surface area contributed by atoms with Crippen LogP contribution in [0.2, 0.25) is 0 Å². The van der Waals surface area contributed by atoms with E-state index in [1.807, 2.05) is 6.92 Å². The number of rotatable bonds is 6. The first-order valence-electron chi connectivity index (χ1n) is 8.66. The van der Waals surface area contributed by atoms with E-state index in [2.05, 4.69) is 15.6 Å². The van der Waals surface area contributed by atoms with Gasteiger partial charge in [0.1, 0.15) is 12.4 Å². The number of hydrogen-bond acceptors (Lipinski definition) is 3. The second kappa shape index (κ2) is 11.8. The van der Waals surface area contributed by atoms with E-state index in [0.29, 0.717) is 32.1 Å². The van der Waals surface area contributed by atoms with E-state index in [-0.39, 0.29) is 42.4 Å². The molecule has 0 spiro atoms. The molecule has 1 saturated heterocycles. The minimum atomic E-state index is -0.941. The van der Waals surface area contributed by atoms with Crippen LogP contribution in [0.1, 0.15) is 19.8 Å². The largest absolute Gasteiger partial charge is 0.492 e. The molecule has 0 aromatic heterocycles. The Bertz CT molecular complexity index is 640. The van der Waals surface area contributed by atoms with E-state index in [1.165, 1.54) is 6.07 Å². The number of nitrogens with one attached hydrogen (secondary N) is 2. The van der Waals surface area contributed by atoms with Crippen molar-refractivity contribution in [3.8, 4) is 5.75 Å². The van der Waals surface area contributed by atoms with Crippen LogP contribution >= 0.6 is 24.0 Å². The van der Waals surface area contributed by atoms with Crippen LogP contribution in [0.3, 0.4) is 0 Å². The van der Waals surface area contributed by atoms with Gasteiger partial charge in [0.2, 0.25) is 0 Å². The molecule has 0 bridgehead atoms. The number of nitrogens with zero attached hydrogens (tertiary/aromatic N) is 2. The number of guanidine groups is 1. The zero-order valence-corrected chi connectivity index (χ0v) is 17.5. The third-order valence-corrected chi connectivity index (χ3v) is 4.01. The standard InChI is InChI=1S/C17H25F2N5O2.HI/c1-2-21-17(23-12-5-8-24(9-6-12)16(20)25)22-7-10-26-13-3-4-14(18)15(19)11-13;/h3-4,11-12H,2,5-10H2,1H3,(H2,20,25)(H2,21,22,23);1H. The van der Waals surface area contributed by atoms with Crippen molar-refractivity contribution < 1.29 is 18.3 Å². The molecule has 1 fully saturated rings. The van der Waals surface area contributed by atoms with Crippen molar-refractivity contribution in [1.29, 1.82) is 0 Å². The second-order valence-corrected chi connectivity index (χ2v) is 5.93. The van der Waals surface area contributed by atoms with Gasteiger partial charge in [-0.25, -0.2) is 18.6 Å². The molecule has 2 amide bonds. The van der Waals surface area contributed by atoms with Crippen LogP contribution in [-0.2, 0) is 0 Å². The Balaban J connectivity index is 0.00000364. The first-order valence-corrected chi connectivity index (χ1v) is 8.66. The van der Waals surface area contributed by atoms with Crippen LogP contribution in [0.25, 0.3) is 0 Å². The molecule has 27 heavy (non-hydrogen) atoms. The molecule has 1 aliphatic rings. The minimum Gasteiger partial charge on any atom is -0.492 e. The molecule has 10 heteroatoms. The summed E-state index contributed by atoms with van der Waals surface area (Å²) in [7, 11) is 0. The lowest BCUT2D eigenvalue weighted by Crippen LogP contribution is -2.50. The van der Waals surface area contributed by atoms with Gasteiger partial charge < -0.3 is 26.0 Å². The molecule has 2 rings (SSSR count). The third kappa shape index (κ3) is 7.73. The average molecular weight is 497 g/mol. The van der Waals surface area contributed by atoms with E-state index in [0.717, 1.165) is 25.0 Å². The highest BCUT2D eigenvalue weighted by atomic mass is 127. The minimum absolute atomic E-state index is 0. The molecule has 1 aromatic rings. The number of urea groups is 1. The molecular weight excluding hydrogens is 471 g/mol. The molecule has 0 unspecified atom stereocenters. The highest BCUT2D eigenvalue weighted by Crippen LogP contribution is 2.15. The van der Waals surface area contributed by atoms with Crippen LogP contribution < -0.4 is 21.1 Å². The van der Waals surface area contributed by atoms with Gasteiger partial charge in [-0.1, -0.05) is 0 Å². The summed E-state index contributed by atoms with van der Waals surface area (Å²) in [5.74, 6) is -0.936. The van der Waals surface area contributed by atoms with E-state index >= 15 is 0 Å². The van der Waals surface area contributed by atoms with Gasteiger partial charge in [0.25, 0.3) is 0 Å². The predicted molar refractivity (Wildman–Crippen MR) is 111 cm³/mol. The third-order valence-electron chi connectivity index (χ3n) is 4.01. The van der Waals surface area contributed by atoms with Crippen molar-refractivity contribution in [3.63, 3.8) is 0 Å². The van der Waals surface area contributed by atoms with Crippen molar-refractivity contribution in [1.82, 2.24) is 15.5 Å². The Morgan fingerprint density at radius 2 is 2.04 bits per heavy atom. The maximum atomic E-state index is 13.1. The quantitative estimate of drug-likeness (QED) is 0.243. The fourth-order valence-corrected chi connectivity index (χ4v) is 2.65. The van der Waals surface area contributed by atoms with Gasteiger partial charge in [0, 0.05) is 31.7 Å². The first kappa shape index (κ1) is 23.2. The zero-order chi connectivity index (χ0) is 18.9. The van der Waals surface area contributed by atoms with Crippen molar-refractivity contribution in [2.75, 3.05) is 32.8 Å². The summed E-state index contributed by atoms with van der Waals surface area (Å²) in [5.41, 5.74) is 5.28. The SMILES string of the molecule is CCNC(=NCCOc1ccc(F)c(F)c1)NC1CCN(C(N)=O)CC1.I. The smallest absolute Gasteiger partial charge is 0.314 e. The summed E-state index contributed by atoms with van der Waals surface area (Å²) in [6, 6.07) is 3.22. The molecule has 0 saturated carbocycles. The van der Waals surface area contributed by atoms with E-state index in [1.54, 1.807) is 4.90 Å². The van der Waals surface area contributed by atoms with E-state index in [9.17, 15) is 13.6 Å². The molecular formula is C17H26F2IN5O2. The number of nitrogens with two attached hydrogens (primary N) is 1. The molecule has 1 aliphatic heterocycles. The fraction of sp³-hybridized carbons (Fsp3) is 0.529. The monoisotopic (exact) mass is 497 g/mol. The fourth-order valence-electron chi connectivity index (χ4n) is 2.65. The summed E-state index contributed by atoms with van der Waals surface area (Å²) >= 11 is 0. The lowest BCUT2D eigenvalue weighted by Gasteiger charge is -2.32. The predicted octanol–water partition coefficient (Wildman–Crippen LogP) is 2.06. The Hall–Kier alpha value is -1.85. The summed E-state index contributed by atoms with van der Waals surface area (Å²) < 4.78 is 31.4. The molecule has 1 heterocycles. The van der Waals surface area contributed by atoms with E-state index in [4.69, 9.17) is 10.5 Å². The van der Waals surface area contributed by atoms with Crippen molar-refractivity contribution in [2.45, 2.75) is 25.8 Å². The number of carbonyl (C=O) groups is 1. The van der Waals surface area contributed by atoms with Crippen LogP contribution in [0.5, 0.6) is 5.75 Å². The van der Waals surface area contributed by atoms with Crippen LogP contribution in [-0.4, -0.2) is 55.7 Å². The van der Waals surface area contributed by atoms with Gasteiger partial charge in [-0.2, -0.15) is 0 Å². The summed E-state index contributed by atoms with van der Waals surface area (Å²) in [6.07, 6.45) is 1.58. The molecule has 7 nitrogen and oxygen atoms in total. The maximum Gasteiger partial charge on any atom is 0.314 e. The number of piperidine rings is 1. The molecule has 4 N–H and O–H groups in total. The number of aliphatic imine (C=N–C) groups is 1. The number of likely N-dealkylation sites (tertiary alicyclic amines) is 1. The first-order chi connectivity index (χ1) is 12.5. The highest BCUT2D eigenvalue weighted by molar-refractivity contribution is 14.0. The number of amides is 2. The van der Waals surface area contributed by atoms with Crippen molar-refractivity contribution in [3.05, 3.63) is 29.8 Å². The summed E-state index contributed by atoms with van der Waals surface area (Å²) in [4.78, 5) is 17.2. The number of ether oxygens (including phenoxy) is 1. The van der Waals surface area contributed by atoms with Crippen molar-refractivity contribution >= 4 is 36.0 Å². The van der Waals surface area contributed by atoms with Gasteiger partial charge in [-0.05, 0) is 31.9 Å². The van der Waals surface area contributed by atoms with Crippen LogP contribution in [0.15, 0.2) is 23.2 Å². The Labute approximate surface area is 174 Å². The van der Waals surface area contributed by atoms with Gasteiger partial charge >= 0.3 is 6.03 Å². The lowest BCUT2D eigenvalue weighted by molar-refractivity contribution is 0.188. The Morgan fingerprint density at radius 1 is 1.33 bits per heavy atom. The Kier molecular flexibility index (Phi) is 10.1. The topological polar surface area (TPSA) is 92.0 Å². The van der Waals surface area contributed by atoms with Crippen molar-refractivity contribution in [2.24, 2.45) is 10.7 Å². The highest BCUT2D eigenvalue weighted by Gasteiger charge is 2.21. The van der Waals surface area contributed by atoms with E-state index < -0.39 is 17.7 Å². The Morgan fingerprint density at radius 3 is 2.63 bits per heavy atom. The number of carbonyl (C=O) groups excluding carboxylic acids is 1. The normalized spacial score (nSPS) is 15.1. The summed E-state index contributed by atoms with van der Waals surface area (Å²) in [6.45, 7) is 4.49. The van der Waals surface area contributed by atoms with Gasteiger partial charge in [-0.15, -0.1) is 24.0 Å². The molecule has 1 aromatic carbocycles. The number of benzene rings is 1. The summed E-state index contributed by atoms with van der Waals surface area (Å²) in [5, 5.41) is 6.47. The van der Waals surface area contributed by atoms with Crippen LogP contribution in [0, 0.1) is 11.6 Å². The number of halogens is 3. The number of hydrogen-bond donors (Lipinski definition) is 3. The second-order valence-electron chi connectivity index (χ2n) is 5.93. The average Bonchev–Trinajstić information content (AvgIpc) is 2.62. The van der Waals surface area contributed by atoms with Gasteiger partial charge in [-0.3, -0.25) is 0 Å². The lowest BCUT2D eigenvalue weighted by atomic mass is 10.1. The van der Waals surface area contributed by atoms with Gasteiger partial charge in [0.15, 0.2) is 17.6 Å². The van der Waals surface area contributed by atoms with Gasteiger partial charge in [0.05, 0.1) is 6.54 Å².